The molecule has 88 valence electrons. The van der Waals surface area contributed by atoms with Crippen LogP contribution in [0.1, 0.15) is 5.56 Å². The Kier molecular flexibility index (Phi) is 4.37. The van der Waals surface area contributed by atoms with E-state index in [0.717, 1.165) is 0 Å². The fourth-order valence-corrected chi connectivity index (χ4v) is 1.40. The number of hydrogen-bond acceptors (Lipinski definition) is 4. The largest absolute Gasteiger partial charge is 0.497 e. The molecule has 0 fully saturated rings. The minimum Gasteiger partial charge on any atom is -0.497 e. The van der Waals surface area contributed by atoms with E-state index in [0.29, 0.717) is 11.3 Å². The molecule has 0 aliphatic rings. The highest BCUT2D eigenvalue weighted by Gasteiger charge is 2.20. The maximum atomic E-state index is 10.9. The Bertz CT molecular complexity index is 395. The first-order valence-electron chi connectivity index (χ1n) is 4.62. The number of hydrogen-bond donors (Lipinski definition) is 0. The highest BCUT2D eigenvalue weighted by molar-refractivity contribution is 6.18. The van der Waals surface area contributed by atoms with Gasteiger partial charge in [-0.3, -0.25) is 10.1 Å². The number of rotatable bonds is 5. The highest BCUT2D eigenvalue weighted by Crippen LogP contribution is 2.34. The predicted octanol–water partition coefficient (Wildman–Crippen LogP) is 2.53. The van der Waals surface area contributed by atoms with Crippen molar-refractivity contribution in [3.8, 4) is 11.5 Å². The number of nitrogens with zero attached hydrogens (tertiary/aromatic N) is 1. The van der Waals surface area contributed by atoms with Crippen LogP contribution < -0.4 is 9.47 Å². The van der Waals surface area contributed by atoms with Crippen LogP contribution in [0.3, 0.4) is 0 Å². The summed E-state index contributed by atoms with van der Waals surface area (Å²) in [5, 5.41) is 10.9. The molecule has 6 heteroatoms. The zero-order chi connectivity index (χ0) is 12.1. The third kappa shape index (κ3) is 2.76. The van der Waals surface area contributed by atoms with Crippen LogP contribution in [0.2, 0.25) is 0 Å². The second-order valence-corrected chi connectivity index (χ2v) is 3.46. The third-order valence-electron chi connectivity index (χ3n) is 1.99. The van der Waals surface area contributed by atoms with Gasteiger partial charge in [-0.25, -0.2) is 0 Å². The van der Waals surface area contributed by atoms with Crippen molar-refractivity contribution in [1.82, 2.24) is 0 Å². The fraction of sp³-hybridized carbons (Fsp3) is 0.400. The molecule has 0 saturated heterocycles. The molecule has 0 spiro atoms. The van der Waals surface area contributed by atoms with E-state index in [-0.39, 0.29) is 23.9 Å². The number of aryl methyl sites for hydroxylation is 1. The van der Waals surface area contributed by atoms with Crippen LogP contribution in [0.5, 0.6) is 11.5 Å². The zero-order valence-electron chi connectivity index (χ0n) is 9.03. The van der Waals surface area contributed by atoms with Crippen molar-refractivity contribution < 1.29 is 14.4 Å². The lowest BCUT2D eigenvalue weighted by molar-refractivity contribution is -0.386. The average Bonchev–Trinajstić information content (AvgIpc) is 2.24. The van der Waals surface area contributed by atoms with E-state index in [1.807, 2.05) is 0 Å². The van der Waals surface area contributed by atoms with Gasteiger partial charge in [-0.2, -0.15) is 0 Å². The summed E-state index contributed by atoms with van der Waals surface area (Å²) in [5.74, 6) is 0.975. The minimum atomic E-state index is -0.474. The molecule has 1 aromatic rings. The summed E-state index contributed by atoms with van der Waals surface area (Å²) in [5.41, 5.74) is 0.444. The Hall–Kier alpha value is -1.49. The summed E-state index contributed by atoms with van der Waals surface area (Å²) in [6.45, 7) is 1.85. The molecule has 0 amide bonds. The molecule has 0 aliphatic carbocycles. The van der Waals surface area contributed by atoms with Crippen molar-refractivity contribution in [1.29, 1.82) is 0 Å². The van der Waals surface area contributed by atoms with Gasteiger partial charge in [-0.1, -0.05) is 0 Å². The summed E-state index contributed by atoms with van der Waals surface area (Å²) in [6, 6.07) is 3.07. The van der Waals surface area contributed by atoms with E-state index in [1.54, 1.807) is 13.0 Å². The molecule has 0 atom stereocenters. The van der Waals surface area contributed by atoms with Gasteiger partial charge in [0.25, 0.3) is 0 Å². The van der Waals surface area contributed by atoms with Crippen molar-refractivity contribution >= 4 is 17.3 Å². The maximum Gasteiger partial charge on any atom is 0.314 e. The van der Waals surface area contributed by atoms with Crippen molar-refractivity contribution in [2.75, 3.05) is 19.6 Å². The third-order valence-corrected chi connectivity index (χ3v) is 2.15. The van der Waals surface area contributed by atoms with Crippen molar-refractivity contribution in [3.63, 3.8) is 0 Å². The average molecular weight is 246 g/mol. The number of ether oxygens (including phenoxy) is 2. The fourth-order valence-electron chi connectivity index (χ4n) is 1.33. The molecule has 0 aromatic heterocycles. The van der Waals surface area contributed by atoms with Gasteiger partial charge in [-0.05, 0) is 13.0 Å². The molecule has 0 unspecified atom stereocenters. The number of nitro benzene ring substituents is 1. The lowest BCUT2D eigenvalue weighted by atomic mass is 10.2. The van der Waals surface area contributed by atoms with E-state index >= 15 is 0 Å². The Labute approximate surface area is 98.1 Å². The molecule has 0 radical (unpaired) electrons. The number of alkyl halides is 1. The van der Waals surface area contributed by atoms with Gasteiger partial charge in [-0.15, -0.1) is 11.6 Å². The van der Waals surface area contributed by atoms with Gasteiger partial charge in [0, 0.05) is 11.6 Å². The minimum absolute atomic E-state index is 0.0501. The SMILES string of the molecule is COc1cc(C)c([N+](=O)[O-])c(OCCCl)c1. The van der Waals surface area contributed by atoms with Crippen molar-refractivity contribution in [2.24, 2.45) is 0 Å². The first-order chi connectivity index (χ1) is 7.60. The summed E-state index contributed by atoms with van der Waals surface area (Å²) in [6.07, 6.45) is 0. The highest BCUT2D eigenvalue weighted by atomic mass is 35.5. The molecule has 0 N–H and O–H groups in total. The van der Waals surface area contributed by atoms with Gasteiger partial charge in [0.15, 0.2) is 0 Å². The topological polar surface area (TPSA) is 61.6 Å². The lowest BCUT2D eigenvalue weighted by Crippen LogP contribution is -2.03. The number of halogens is 1. The van der Waals surface area contributed by atoms with E-state index < -0.39 is 4.92 Å². The first-order valence-corrected chi connectivity index (χ1v) is 5.15. The maximum absolute atomic E-state index is 10.9. The lowest BCUT2D eigenvalue weighted by Gasteiger charge is -2.09. The number of methoxy groups -OCH3 is 1. The van der Waals surface area contributed by atoms with Crippen LogP contribution >= 0.6 is 11.6 Å². The predicted molar refractivity (Wildman–Crippen MR) is 60.6 cm³/mol. The molecular formula is C10H12ClNO4. The summed E-state index contributed by atoms with van der Waals surface area (Å²) >= 11 is 5.47. The van der Waals surface area contributed by atoms with Crippen LogP contribution in [0.15, 0.2) is 12.1 Å². The first kappa shape index (κ1) is 12.6. The van der Waals surface area contributed by atoms with Gasteiger partial charge >= 0.3 is 5.69 Å². The number of nitro groups is 1. The van der Waals surface area contributed by atoms with Gasteiger partial charge < -0.3 is 9.47 Å². The molecule has 0 heterocycles. The molecular weight excluding hydrogens is 234 g/mol. The van der Waals surface area contributed by atoms with Crippen LogP contribution in [-0.2, 0) is 0 Å². The van der Waals surface area contributed by atoms with E-state index in [4.69, 9.17) is 21.1 Å². The van der Waals surface area contributed by atoms with Crippen molar-refractivity contribution in [3.05, 3.63) is 27.8 Å². The Morgan fingerprint density at radius 1 is 1.50 bits per heavy atom. The smallest absolute Gasteiger partial charge is 0.314 e. The van der Waals surface area contributed by atoms with Crippen LogP contribution in [-0.4, -0.2) is 24.5 Å². The quantitative estimate of drug-likeness (QED) is 0.454. The monoisotopic (exact) mass is 245 g/mol. The molecule has 0 bridgehead atoms. The van der Waals surface area contributed by atoms with Crippen LogP contribution in [0.25, 0.3) is 0 Å². The summed E-state index contributed by atoms with van der Waals surface area (Å²) in [4.78, 5) is 10.4. The van der Waals surface area contributed by atoms with Gasteiger partial charge in [0.2, 0.25) is 5.75 Å². The molecule has 16 heavy (non-hydrogen) atoms. The van der Waals surface area contributed by atoms with Gasteiger partial charge in [0.05, 0.1) is 17.9 Å². The van der Waals surface area contributed by atoms with E-state index in [9.17, 15) is 10.1 Å². The Balaban J connectivity index is 3.17. The van der Waals surface area contributed by atoms with Crippen LogP contribution in [0.4, 0.5) is 5.69 Å². The Morgan fingerprint density at radius 3 is 2.69 bits per heavy atom. The zero-order valence-corrected chi connectivity index (χ0v) is 9.78. The molecule has 5 nitrogen and oxygen atoms in total. The van der Waals surface area contributed by atoms with Crippen molar-refractivity contribution in [2.45, 2.75) is 6.92 Å². The Morgan fingerprint density at radius 2 is 2.19 bits per heavy atom. The molecule has 0 saturated carbocycles. The summed E-state index contributed by atoms with van der Waals surface area (Å²) in [7, 11) is 1.49. The van der Waals surface area contributed by atoms with Crippen LogP contribution in [0, 0.1) is 17.0 Å². The number of benzene rings is 1. The summed E-state index contributed by atoms with van der Waals surface area (Å²) < 4.78 is 10.2. The van der Waals surface area contributed by atoms with E-state index in [2.05, 4.69) is 0 Å². The second kappa shape index (κ2) is 5.55. The van der Waals surface area contributed by atoms with E-state index in [1.165, 1.54) is 13.2 Å². The normalized spacial score (nSPS) is 9.94. The van der Waals surface area contributed by atoms with Gasteiger partial charge in [0.1, 0.15) is 12.4 Å². The second-order valence-electron chi connectivity index (χ2n) is 3.09. The molecule has 1 rings (SSSR count). The standard InChI is InChI=1S/C10H12ClNO4/c1-7-5-8(15-2)6-9(16-4-3-11)10(7)12(13)14/h5-6H,3-4H2,1-2H3. The molecule has 0 aliphatic heterocycles. The molecule has 1 aromatic carbocycles.